The molecule has 0 aromatic heterocycles. The Kier molecular flexibility index (Phi) is 6.05. The first-order chi connectivity index (χ1) is 11.3. The van der Waals surface area contributed by atoms with Gasteiger partial charge in [0.05, 0.1) is 6.61 Å². The summed E-state index contributed by atoms with van der Waals surface area (Å²) in [6.45, 7) is 9.06. The highest BCUT2D eigenvalue weighted by molar-refractivity contribution is 9.10. The van der Waals surface area contributed by atoms with Crippen LogP contribution in [0.25, 0.3) is 0 Å². The SMILES string of the molecule is Cc1cc(OCC(c2ccc(C(N)=O)cc2)C(C)C)cc(C)c1Br. The minimum Gasteiger partial charge on any atom is -0.493 e. The van der Waals surface area contributed by atoms with Crippen LogP contribution in [0.2, 0.25) is 0 Å². The second-order valence-electron chi connectivity index (χ2n) is 6.52. The van der Waals surface area contributed by atoms with E-state index in [1.807, 2.05) is 24.3 Å². The number of amides is 1. The molecule has 0 saturated carbocycles. The van der Waals surface area contributed by atoms with Gasteiger partial charge in [0.1, 0.15) is 5.75 Å². The molecule has 2 aromatic carbocycles. The fraction of sp³-hybridized carbons (Fsp3) is 0.350. The zero-order chi connectivity index (χ0) is 17.9. The van der Waals surface area contributed by atoms with Crippen molar-refractivity contribution in [1.29, 1.82) is 0 Å². The average Bonchev–Trinajstić information content (AvgIpc) is 2.52. The van der Waals surface area contributed by atoms with E-state index in [4.69, 9.17) is 10.5 Å². The van der Waals surface area contributed by atoms with Gasteiger partial charge < -0.3 is 10.5 Å². The molecular formula is C20H24BrNO2. The normalized spacial score (nSPS) is 12.2. The number of hydrogen-bond donors (Lipinski definition) is 1. The highest BCUT2D eigenvalue weighted by Gasteiger charge is 2.17. The molecule has 4 heteroatoms. The fourth-order valence-corrected chi connectivity index (χ4v) is 2.97. The summed E-state index contributed by atoms with van der Waals surface area (Å²) >= 11 is 3.58. The molecule has 2 N–H and O–H groups in total. The Labute approximate surface area is 152 Å². The van der Waals surface area contributed by atoms with Crippen LogP contribution in [0.5, 0.6) is 5.75 Å². The number of carbonyl (C=O) groups excluding carboxylic acids is 1. The van der Waals surface area contributed by atoms with E-state index < -0.39 is 5.91 Å². The van der Waals surface area contributed by atoms with Gasteiger partial charge in [-0.2, -0.15) is 0 Å². The van der Waals surface area contributed by atoms with Crippen molar-refractivity contribution in [2.75, 3.05) is 6.61 Å². The lowest BCUT2D eigenvalue weighted by Crippen LogP contribution is -2.17. The summed E-state index contributed by atoms with van der Waals surface area (Å²) in [6, 6.07) is 11.6. The van der Waals surface area contributed by atoms with Crippen molar-refractivity contribution in [2.45, 2.75) is 33.6 Å². The molecule has 0 aliphatic carbocycles. The van der Waals surface area contributed by atoms with Gasteiger partial charge in [0, 0.05) is 16.0 Å². The minimum absolute atomic E-state index is 0.246. The molecule has 1 unspecified atom stereocenters. The largest absolute Gasteiger partial charge is 0.493 e. The Morgan fingerprint density at radius 3 is 2.12 bits per heavy atom. The van der Waals surface area contributed by atoms with Crippen LogP contribution in [0, 0.1) is 19.8 Å². The molecule has 0 spiro atoms. The molecule has 0 aliphatic rings. The zero-order valence-corrected chi connectivity index (χ0v) is 16.2. The fourth-order valence-electron chi connectivity index (χ4n) is 2.74. The van der Waals surface area contributed by atoms with Gasteiger partial charge in [0.2, 0.25) is 5.91 Å². The van der Waals surface area contributed by atoms with Crippen LogP contribution in [0.15, 0.2) is 40.9 Å². The summed E-state index contributed by atoms with van der Waals surface area (Å²) in [6.07, 6.45) is 0. The standard InChI is InChI=1S/C20H24BrNO2/c1-12(2)18(15-5-7-16(8-6-15)20(22)23)11-24-17-9-13(3)19(21)14(4)10-17/h5-10,12,18H,11H2,1-4H3,(H2,22,23). The Morgan fingerprint density at radius 2 is 1.67 bits per heavy atom. The third-order valence-corrected chi connectivity index (χ3v) is 5.52. The molecule has 0 radical (unpaired) electrons. The van der Waals surface area contributed by atoms with Gasteiger partial charge in [0.15, 0.2) is 0 Å². The van der Waals surface area contributed by atoms with E-state index in [0.717, 1.165) is 26.9 Å². The van der Waals surface area contributed by atoms with Gasteiger partial charge in [0.25, 0.3) is 0 Å². The maximum absolute atomic E-state index is 11.2. The average molecular weight is 390 g/mol. The van der Waals surface area contributed by atoms with E-state index in [0.29, 0.717) is 18.1 Å². The number of carbonyl (C=O) groups is 1. The van der Waals surface area contributed by atoms with Gasteiger partial charge in [-0.05, 0) is 60.7 Å². The van der Waals surface area contributed by atoms with Crippen LogP contribution in [0.4, 0.5) is 0 Å². The summed E-state index contributed by atoms with van der Waals surface area (Å²) in [5.74, 6) is 1.14. The van der Waals surface area contributed by atoms with Gasteiger partial charge in [-0.3, -0.25) is 4.79 Å². The van der Waals surface area contributed by atoms with E-state index in [9.17, 15) is 4.79 Å². The topological polar surface area (TPSA) is 52.3 Å². The van der Waals surface area contributed by atoms with Crippen molar-refractivity contribution < 1.29 is 9.53 Å². The lowest BCUT2D eigenvalue weighted by molar-refractivity contribution is 0.100. The number of primary amides is 1. The quantitative estimate of drug-likeness (QED) is 0.756. The molecule has 2 rings (SSSR count). The van der Waals surface area contributed by atoms with Crippen LogP contribution < -0.4 is 10.5 Å². The third-order valence-electron chi connectivity index (χ3n) is 4.27. The monoisotopic (exact) mass is 389 g/mol. The molecule has 0 bridgehead atoms. The van der Waals surface area contributed by atoms with E-state index in [1.54, 1.807) is 12.1 Å². The Hall–Kier alpha value is -1.81. The first kappa shape index (κ1) is 18.5. The van der Waals surface area contributed by atoms with Crippen LogP contribution >= 0.6 is 15.9 Å². The van der Waals surface area contributed by atoms with Crippen molar-refractivity contribution in [3.05, 3.63) is 63.1 Å². The number of benzene rings is 2. The minimum atomic E-state index is -0.403. The summed E-state index contributed by atoms with van der Waals surface area (Å²) in [5, 5.41) is 0. The van der Waals surface area contributed by atoms with Gasteiger partial charge in [-0.15, -0.1) is 0 Å². The van der Waals surface area contributed by atoms with Crippen LogP contribution in [0.1, 0.15) is 46.8 Å². The lowest BCUT2D eigenvalue weighted by Gasteiger charge is -2.22. The molecule has 128 valence electrons. The zero-order valence-electron chi connectivity index (χ0n) is 14.6. The molecule has 1 atom stereocenters. The molecular weight excluding hydrogens is 366 g/mol. The summed E-state index contributed by atoms with van der Waals surface area (Å²) in [5.41, 5.74) is 9.32. The Balaban J connectivity index is 2.16. The van der Waals surface area contributed by atoms with E-state index >= 15 is 0 Å². The second-order valence-corrected chi connectivity index (χ2v) is 7.31. The number of hydrogen-bond acceptors (Lipinski definition) is 2. The summed E-state index contributed by atoms with van der Waals surface area (Å²) < 4.78 is 7.19. The van der Waals surface area contributed by atoms with E-state index in [-0.39, 0.29) is 5.92 Å². The van der Waals surface area contributed by atoms with Gasteiger partial charge >= 0.3 is 0 Å². The first-order valence-electron chi connectivity index (χ1n) is 8.09. The van der Waals surface area contributed by atoms with Crippen molar-refractivity contribution in [2.24, 2.45) is 11.7 Å². The molecule has 0 fully saturated rings. The van der Waals surface area contributed by atoms with Crippen molar-refractivity contribution in [3.63, 3.8) is 0 Å². The van der Waals surface area contributed by atoms with Gasteiger partial charge in [-0.25, -0.2) is 0 Å². The number of ether oxygens (including phenoxy) is 1. The first-order valence-corrected chi connectivity index (χ1v) is 8.88. The number of halogens is 1. The third kappa shape index (κ3) is 4.38. The molecule has 3 nitrogen and oxygen atoms in total. The lowest BCUT2D eigenvalue weighted by atomic mass is 9.88. The summed E-state index contributed by atoms with van der Waals surface area (Å²) in [7, 11) is 0. The van der Waals surface area contributed by atoms with E-state index in [1.165, 1.54) is 0 Å². The highest BCUT2D eigenvalue weighted by atomic mass is 79.9. The number of aryl methyl sites for hydroxylation is 2. The second kappa shape index (κ2) is 7.84. The molecule has 0 saturated heterocycles. The van der Waals surface area contributed by atoms with Crippen LogP contribution in [-0.4, -0.2) is 12.5 Å². The molecule has 0 aliphatic heterocycles. The van der Waals surface area contributed by atoms with Crippen molar-refractivity contribution in [1.82, 2.24) is 0 Å². The van der Waals surface area contributed by atoms with Crippen LogP contribution in [0.3, 0.4) is 0 Å². The number of rotatable bonds is 6. The maximum atomic E-state index is 11.2. The molecule has 2 aromatic rings. The highest BCUT2D eigenvalue weighted by Crippen LogP contribution is 2.29. The van der Waals surface area contributed by atoms with Crippen molar-refractivity contribution in [3.8, 4) is 5.75 Å². The van der Waals surface area contributed by atoms with Crippen molar-refractivity contribution >= 4 is 21.8 Å². The molecule has 1 amide bonds. The molecule has 24 heavy (non-hydrogen) atoms. The van der Waals surface area contributed by atoms with E-state index in [2.05, 4.69) is 43.6 Å². The Morgan fingerprint density at radius 1 is 1.12 bits per heavy atom. The number of nitrogens with two attached hydrogens (primary N) is 1. The predicted octanol–water partition coefficient (Wildman–Crippen LogP) is 4.98. The maximum Gasteiger partial charge on any atom is 0.248 e. The van der Waals surface area contributed by atoms with Crippen LogP contribution in [-0.2, 0) is 0 Å². The Bertz CT molecular complexity index is 700. The molecule has 0 heterocycles. The summed E-state index contributed by atoms with van der Waals surface area (Å²) in [4.78, 5) is 11.2. The predicted molar refractivity (Wildman–Crippen MR) is 102 cm³/mol. The smallest absolute Gasteiger partial charge is 0.248 e. The van der Waals surface area contributed by atoms with Gasteiger partial charge in [-0.1, -0.05) is 41.9 Å².